The molecule has 176 valence electrons. The molecule has 0 radical (unpaired) electrons. The molecule has 3 aromatic rings. The maximum atomic E-state index is 13.3. The van der Waals surface area contributed by atoms with E-state index in [9.17, 15) is 4.79 Å². The zero-order valence-corrected chi connectivity index (χ0v) is 19.0. The van der Waals surface area contributed by atoms with Crippen LogP contribution in [0.1, 0.15) is 15.9 Å². The van der Waals surface area contributed by atoms with Crippen molar-refractivity contribution in [3.63, 3.8) is 0 Å². The first-order chi connectivity index (χ1) is 16.6. The van der Waals surface area contributed by atoms with Gasteiger partial charge in [-0.2, -0.15) is 5.10 Å². The van der Waals surface area contributed by atoms with E-state index in [0.29, 0.717) is 11.5 Å². The van der Waals surface area contributed by atoms with E-state index >= 15 is 0 Å². The van der Waals surface area contributed by atoms with Crippen LogP contribution in [0.5, 0.6) is 0 Å². The Bertz CT molecular complexity index is 1100. The minimum atomic E-state index is -0.250. The van der Waals surface area contributed by atoms with Crippen LogP contribution in [0.15, 0.2) is 73.1 Å². The van der Waals surface area contributed by atoms with Gasteiger partial charge < -0.3 is 20.2 Å². The van der Waals surface area contributed by atoms with Crippen LogP contribution in [0.25, 0.3) is 5.69 Å². The van der Waals surface area contributed by atoms with Gasteiger partial charge in [-0.1, -0.05) is 30.3 Å². The Labute approximate surface area is 198 Å². The molecule has 4 aliphatic rings. The summed E-state index contributed by atoms with van der Waals surface area (Å²) >= 11 is 0. The first-order valence-corrected chi connectivity index (χ1v) is 11.6. The van der Waals surface area contributed by atoms with Gasteiger partial charge in [0.1, 0.15) is 0 Å². The number of hydrogen-bond donors (Lipinski definition) is 2. The molecule has 0 aliphatic carbocycles. The van der Waals surface area contributed by atoms with Gasteiger partial charge in [0.2, 0.25) is 0 Å². The number of nitrogens with zero attached hydrogens (tertiary/aromatic N) is 4. The lowest BCUT2D eigenvalue weighted by atomic mass is 9.64. The fourth-order valence-corrected chi connectivity index (χ4v) is 5.98. The standard InChI is InChI=1S/C25H27N5O.CH2O2/c31-24(19-7-9-22(10-8-19)30-12-4-11-26-30)27-23-20-15-28-13-14-29(16-20)18-25(23,17-28)21-5-2-1-3-6-21;2-1-3/h1-12,20,23H,13-18H2,(H,27,31);1H,(H,2,3). The number of carboxylic acid groups (broad SMARTS) is 1. The summed E-state index contributed by atoms with van der Waals surface area (Å²) in [6, 6.07) is 20.6. The Kier molecular flexibility index (Phi) is 6.17. The average molecular weight is 460 g/mol. The Morgan fingerprint density at radius 2 is 1.65 bits per heavy atom. The van der Waals surface area contributed by atoms with E-state index in [1.54, 1.807) is 10.9 Å². The van der Waals surface area contributed by atoms with Gasteiger partial charge in [0.15, 0.2) is 0 Å². The van der Waals surface area contributed by atoms with Gasteiger partial charge in [0.05, 0.1) is 5.69 Å². The fraction of sp³-hybridized carbons (Fsp3) is 0.346. The van der Waals surface area contributed by atoms with Gasteiger partial charge in [-0.15, -0.1) is 0 Å². The van der Waals surface area contributed by atoms with E-state index in [1.807, 2.05) is 36.5 Å². The number of aromatic nitrogens is 2. The molecule has 3 atom stereocenters. The maximum Gasteiger partial charge on any atom is 0.290 e. The molecular weight excluding hydrogens is 430 g/mol. The van der Waals surface area contributed by atoms with Crippen LogP contribution in [0.3, 0.4) is 0 Å². The molecule has 4 saturated heterocycles. The molecule has 8 nitrogen and oxygen atoms in total. The molecule has 0 spiro atoms. The van der Waals surface area contributed by atoms with Gasteiger partial charge in [0, 0.05) is 74.6 Å². The second-order valence-electron chi connectivity index (χ2n) is 9.31. The third-order valence-electron chi connectivity index (χ3n) is 7.33. The summed E-state index contributed by atoms with van der Waals surface area (Å²) in [4.78, 5) is 26.9. The van der Waals surface area contributed by atoms with Gasteiger partial charge >= 0.3 is 0 Å². The van der Waals surface area contributed by atoms with Crippen LogP contribution in [0, 0.1) is 5.92 Å². The fourth-order valence-electron chi connectivity index (χ4n) is 5.98. The number of carbonyl (C=O) groups excluding carboxylic acids is 1. The molecule has 34 heavy (non-hydrogen) atoms. The lowest BCUT2D eigenvalue weighted by Gasteiger charge is -2.55. The van der Waals surface area contributed by atoms with Crippen LogP contribution in [-0.2, 0) is 10.2 Å². The number of piperidine rings is 2. The van der Waals surface area contributed by atoms with Crippen molar-refractivity contribution in [2.75, 3.05) is 39.3 Å². The highest BCUT2D eigenvalue weighted by molar-refractivity contribution is 5.94. The highest BCUT2D eigenvalue weighted by Gasteiger charge is 2.55. The molecule has 7 rings (SSSR count). The summed E-state index contributed by atoms with van der Waals surface area (Å²) in [5.41, 5.74) is 2.93. The third-order valence-corrected chi connectivity index (χ3v) is 7.33. The minimum Gasteiger partial charge on any atom is -0.483 e. The Morgan fingerprint density at radius 1 is 1.00 bits per heavy atom. The van der Waals surface area contributed by atoms with E-state index in [-0.39, 0.29) is 23.8 Å². The predicted octanol–water partition coefficient (Wildman–Crippen LogP) is 1.87. The van der Waals surface area contributed by atoms with Crippen molar-refractivity contribution >= 4 is 12.4 Å². The van der Waals surface area contributed by atoms with Gasteiger partial charge in [-0.3, -0.25) is 9.59 Å². The highest BCUT2D eigenvalue weighted by atomic mass is 16.3. The summed E-state index contributed by atoms with van der Waals surface area (Å²) in [6.07, 6.45) is 3.66. The van der Waals surface area contributed by atoms with Crippen molar-refractivity contribution in [2.24, 2.45) is 5.92 Å². The molecule has 4 bridgehead atoms. The second kappa shape index (κ2) is 9.40. The lowest BCUT2D eigenvalue weighted by Crippen LogP contribution is -2.70. The number of rotatable bonds is 4. The van der Waals surface area contributed by atoms with E-state index in [4.69, 9.17) is 9.90 Å². The largest absolute Gasteiger partial charge is 0.483 e. The number of hydrogen-bond acceptors (Lipinski definition) is 5. The molecule has 2 aromatic carbocycles. The second-order valence-corrected chi connectivity index (χ2v) is 9.31. The smallest absolute Gasteiger partial charge is 0.290 e. The third kappa shape index (κ3) is 4.10. The molecule has 1 amide bonds. The summed E-state index contributed by atoms with van der Waals surface area (Å²) < 4.78 is 1.80. The van der Waals surface area contributed by atoms with Crippen molar-refractivity contribution in [3.05, 3.63) is 84.2 Å². The summed E-state index contributed by atoms with van der Waals surface area (Å²) in [7, 11) is 0. The molecule has 5 heterocycles. The van der Waals surface area contributed by atoms with Crippen LogP contribution in [-0.4, -0.2) is 82.4 Å². The van der Waals surface area contributed by atoms with E-state index in [1.165, 1.54) is 5.56 Å². The molecule has 4 fully saturated rings. The topological polar surface area (TPSA) is 90.7 Å². The van der Waals surface area contributed by atoms with E-state index in [0.717, 1.165) is 45.0 Å². The first kappa shape index (κ1) is 22.3. The van der Waals surface area contributed by atoms with Crippen molar-refractivity contribution in [1.29, 1.82) is 0 Å². The van der Waals surface area contributed by atoms with Crippen molar-refractivity contribution in [3.8, 4) is 5.69 Å². The predicted molar refractivity (Wildman–Crippen MR) is 128 cm³/mol. The van der Waals surface area contributed by atoms with Gasteiger partial charge in [0.25, 0.3) is 12.4 Å². The zero-order valence-electron chi connectivity index (χ0n) is 19.0. The molecule has 8 heteroatoms. The Hall–Kier alpha value is -3.49. The first-order valence-electron chi connectivity index (χ1n) is 11.6. The zero-order chi connectivity index (χ0) is 23.5. The molecule has 0 saturated carbocycles. The monoisotopic (exact) mass is 459 g/mol. The normalized spacial score (nSPS) is 28.9. The number of amides is 1. The van der Waals surface area contributed by atoms with Gasteiger partial charge in [-0.25, -0.2) is 4.68 Å². The summed E-state index contributed by atoms with van der Waals surface area (Å²) in [5, 5.41) is 14.6. The highest BCUT2D eigenvalue weighted by Crippen LogP contribution is 2.43. The molecular formula is C26H29N5O3. The summed E-state index contributed by atoms with van der Waals surface area (Å²) in [6.45, 7) is 6.14. The van der Waals surface area contributed by atoms with E-state index < -0.39 is 0 Å². The average Bonchev–Trinajstić information content (AvgIpc) is 3.28. The van der Waals surface area contributed by atoms with Crippen LogP contribution < -0.4 is 5.32 Å². The lowest BCUT2D eigenvalue weighted by molar-refractivity contribution is -0.122. The maximum absolute atomic E-state index is 13.3. The van der Waals surface area contributed by atoms with Crippen molar-refractivity contribution < 1.29 is 14.7 Å². The molecule has 2 N–H and O–H groups in total. The summed E-state index contributed by atoms with van der Waals surface area (Å²) in [5.74, 6) is 0.459. The van der Waals surface area contributed by atoms with Crippen LogP contribution in [0.2, 0.25) is 0 Å². The van der Waals surface area contributed by atoms with Crippen molar-refractivity contribution in [2.45, 2.75) is 11.5 Å². The number of nitrogens with one attached hydrogen (secondary N) is 1. The SMILES string of the molecule is O=C(NC1C2CN3CCN(C2)CC1(c1ccccc1)C3)c1ccc(-n2cccn2)cc1.O=CO. The molecule has 4 aliphatic heterocycles. The number of carbonyl (C=O) groups is 2. The minimum absolute atomic E-state index is 0.0171. The quantitative estimate of drug-likeness (QED) is 0.579. The van der Waals surface area contributed by atoms with E-state index in [2.05, 4.69) is 50.5 Å². The Morgan fingerprint density at radius 3 is 2.24 bits per heavy atom. The number of benzene rings is 2. The molecule has 1 aromatic heterocycles. The van der Waals surface area contributed by atoms with Gasteiger partial charge in [-0.05, 0) is 35.9 Å². The van der Waals surface area contributed by atoms with Crippen LogP contribution >= 0.6 is 0 Å². The Balaban J connectivity index is 0.000000764. The van der Waals surface area contributed by atoms with Crippen LogP contribution in [0.4, 0.5) is 0 Å². The van der Waals surface area contributed by atoms with Crippen molar-refractivity contribution in [1.82, 2.24) is 24.9 Å². The number of fused-ring (bicyclic) bond motifs is 1. The molecule has 3 unspecified atom stereocenters.